The molecule has 2 fully saturated rings. The molecule has 0 aromatic heterocycles. The Morgan fingerprint density at radius 3 is 2.63 bits per heavy atom. The fourth-order valence-electron chi connectivity index (χ4n) is 4.07. The van der Waals surface area contributed by atoms with Crippen LogP contribution >= 0.6 is 0 Å². The highest BCUT2D eigenvalue weighted by Gasteiger charge is 2.40. The molecule has 2 N–H and O–H groups in total. The zero-order valence-electron chi connectivity index (χ0n) is 11.3. The second-order valence-corrected chi connectivity index (χ2v) is 6.38. The number of halogens is 2. The van der Waals surface area contributed by atoms with Gasteiger partial charge in [0.1, 0.15) is 0 Å². The van der Waals surface area contributed by atoms with E-state index in [1.807, 2.05) is 0 Å². The largest absolute Gasteiger partial charge is 0.324 e. The Bertz CT molecular complexity index is 486. The molecule has 1 aromatic rings. The molecule has 2 bridgehead atoms. The Morgan fingerprint density at radius 2 is 2.00 bits per heavy atom. The zero-order valence-corrected chi connectivity index (χ0v) is 11.3. The van der Waals surface area contributed by atoms with Gasteiger partial charge in [-0.05, 0) is 55.9 Å². The molecule has 0 amide bonds. The predicted molar refractivity (Wildman–Crippen MR) is 71.6 cm³/mol. The van der Waals surface area contributed by atoms with E-state index >= 15 is 0 Å². The molecule has 0 saturated heterocycles. The monoisotopic (exact) mass is 265 g/mol. The maximum absolute atomic E-state index is 13.9. The topological polar surface area (TPSA) is 26.0 Å². The molecule has 4 unspecified atom stereocenters. The number of nitrogens with two attached hydrogens (primary N) is 1. The van der Waals surface area contributed by atoms with Gasteiger partial charge in [-0.1, -0.05) is 18.6 Å². The van der Waals surface area contributed by atoms with Gasteiger partial charge in [-0.3, -0.25) is 0 Å². The summed E-state index contributed by atoms with van der Waals surface area (Å²) in [6, 6.07) is 2.89. The number of rotatable bonds is 3. The van der Waals surface area contributed by atoms with Crippen molar-refractivity contribution in [2.24, 2.45) is 23.5 Å². The number of hydrogen-bond donors (Lipinski definition) is 1. The van der Waals surface area contributed by atoms with Crippen molar-refractivity contribution in [2.45, 2.75) is 45.1 Å². The first-order chi connectivity index (χ1) is 9.06. The second-order valence-electron chi connectivity index (χ2n) is 6.38. The van der Waals surface area contributed by atoms with Crippen molar-refractivity contribution in [2.75, 3.05) is 0 Å². The van der Waals surface area contributed by atoms with E-state index in [9.17, 15) is 8.78 Å². The van der Waals surface area contributed by atoms with Crippen LogP contribution in [0.2, 0.25) is 0 Å². The third-order valence-corrected chi connectivity index (χ3v) is 5.15. The fraction of sp³-hybridized carbons (Fsp3) is 0.625. The summed E-state index contributed by atoms with van der Waals surface area (Å²) in [4.78, 5) is 0. The highest BCUT2D eigenvalue weighted by Crippen LogP contribution is 2.50. The average molecular weight is 265 g/mol. The molecule has 3 heteroatoms. The standard InChI is InChI=1S/C16H21F2N/c1-9-2-5-13(16(18)15(9)17)14(19)8-12-7-10-3-4-11(12)6-10/h2,5,10-12,14H,3-4,6-8,19H2,1H3. The van der Waals surface area contributed by atoms with Crippen LogP contribution in [0.4, 0.5) is 8.78 Å². The Labute approximate surface area is 113 Å². The van der Waals surface area contributed by atoms with Crippen LogP contribution in [0.25, 0.3) is 0 Å². The van der Waals surface area contributed by atoms with Crippen molar-refractivity contribution in [3.05, 3.63) is 34.9 Å². The molecule has 0 radical (unpaired) electrons. The molecule has 1 nitrogen and oxygen atoms in total. The van der Waals surface area contributed by atoms with E-state index in [-0.39, 0.29) is 6.04 Å². The number of benzene rings is 1. The maximum Gasteiger partial charge on any atom is 0.163 e. The molecule has 1 aromatic carbocycles. The Morgan fingerprint density at radius 1 is 1.21 bits per heavy atom. The van der Waals surface area contributed by atoms with E-state index in [2.05, 4.69) is 0 Å². The van der Waals surface area contributed by atoms with Crippen LogP contribution in [0.3, 0.4) is 0 Å². The molecule has 0 spiro atoms. The van der Waals surface area contributed by atoms with Gasteiger partial charge in [-0.15, -0.1) is 0 Å². The molecule has 104 valence electrons. The maximum atomic E-state index is 13.9. The number of aryl methyl sites for hydroxylation is 1. The summed E-state index contributed by atoms with van der Waals surface area (Å²) in [5.41, 5.74) is 6.80. The van der Waals surface area contributed by atoms with Crippen molar-refractivity contribution >= 4 is 0 Å². The molecular formula is C16H21F2N. The lowest BCUT2D eigenvalue weighted by Gasteiger charge is -2.25. The van der Waals surface area contributed by atoms with E-state index in [0.29, 0.717) is 17.0 Å². The van der Waals surface area contributed by atoms with Gasteiger partial charge in [0, 0.05) is 11.6 Å². The minimum atomic E-state index is -0.754. The lowest BCUT2D eigenvalue weighted by molar-refractivity contribution is 0.293. The molecule has 2 aliphatic rings. The summed E-state index contributed by atoms with van der Waals surface area (Å²) in [6.45, 7) is 1.57. The van der Waals surface area contributed by atoms with Crippen LogP contribution in [0.15, 0.2) is 12.1 Å². The van der Waals surface area contributed by atoms with Gasteiger partial charge in [-0.25, -0.2) is 8.78 Å². The van der Waals surface area contributed by atoms with Gasteiger partial charge in [0.15, 0.2) is 11.6 Å². The molecule has 0 aliphatic heterocycles. The Kier molecular flexibility index (Phi) is 3.34. The molecule has 4 atom stereocenters. The van der Waals surface area contributed by atoms with Gasteiger partial charge >= 0.3 is 0 Å². The van der Waals surface area contributed by atoms with Crippen LogP contribution in [-0.2, 0) is 0 Å². The van der Waals surface area contributed by atoms with Gasteiger partial charge in [-0.2, -0.15) is 0 Å². The molecule has 3 rings (SSSR count). The second kappa shape index (κ2) is 4.86. The normalized spacial score (nSPS) is 30.8. The Balaban J connectivity index is 1.74. The smallest absolute Gasteiger partial charge is 0.163 e. The van der Waals surface area contributed by atoms with E-state index in [1.165, 1.54) is 25.7 Å². The van der Waals surface area contributed by atoms with Crippen LogP contribution in [-0.4, -0.2) is 0 Å². The lowest BCUT2D eigenvalue weighted by atomic mass is 9.83. The average Bonchev–Trinajstić information content (AvgIpc) is 2.98. The minimum absolute atomic E-state index is 0.339. The van der Waals surface area contributed by atoms with Crippen LogP contribution in [0.1, 0.15) is 49.3 Å². The van der Waals surface area contributed by atoms with Gasteiger partial charge in [0.2, 0.25) is 0 Å². The summed E-state index contributed by atoms with van der Waals surface area (Å²) >= 11 is 0. The van der Waals surface area contributed by atoms with Gasteiger partial charge in [0.25, 0.3) is 0 Å². The predicted octanol–water partition coefficient (Wildman–Crippen LogP) is 4.10. The van der Waals surface area contributed by atoms with E-state index < -0.39 is 11.6 Å². The summed E-state index contributed by atoms with van der Waals surface area (Å²) < 4.78 is 27.5. The zero-order chi connectivity index (χ0) is 13.6. The summed E-state index contributed by atoms with van der Waals surface area (Å²) in [5.74, 6) is 0.741. The molecular weight excluding hydrogens is 244 g/mol. The third-order valence-electron chi connectivity index (χ3n) is 5.15. The van der Waals surface area contributed by atoms with Crippen molar-refractivity contribution in [1.29, 1.82) is 0 Å². The fourth-order valence-corrected chi connectivity index (χ4v) is 4.07. The molecule has 0 heterocycles. The van der Waals surface area contributed by atoms with Gasteiger partial charge in [0.05, 0.1) is 0 Å². The summed E-state index contributed by atoms with van der Waals surface area (Å²) in [6.07, 6.45) is 5.99. The third kappa shape index (κ3) is 2.29. The minimum Gasteiger partial charge on any atom is -0.324 e. The van der Waals surface area contributed by atoms with E-state index in [0.717, 1.165) is 18.3 Å². The van der Waals surface area contributed by atoms with Crippen LogP contribution in [0, 0.1) is 36.3 Å². The summed E-state index contributed by atoms with van der Waals surface area (Å²) in [7, 11) is 0. The first-order valence-electron chi connectivity index (χ1n) is 7.26. The molecule has 19 heavy (non-hydrogen) atoms. The van der Waals surface area contributed by atoms with E-state index in [4.69, 9.17) is 5.73 Å². The first kappa shape index (κ1) is 13.0. The van der Waals surface area contributed by atoms with Crippen molar-refractivity contribution in [1.82, 2.24) is 0 Å². The molecule has 2 saturated carbocycles. The van der Waals surface area contributed by atoms with Gasteiger partial charge < -0.3 is 5.73 Å². The highest BCUT2D eigenvalue weighted by atomic mass is 19.2. The first-order valence-corrected chi connectivity index (χ1v) is 7.26. The summed E-state index contributed by atoms with van der Waals surface area (Å²) in [5, 5.41) is 0. The quantitative estimate of drug-likeness (QED) is 0.875. The van der Waals surface area contributed by atoms with Crippen molar-refractivity contribution in [3.63, 3.8) is 0 Å². The van der Waals surface area contributed by atoms with Crippen molar-refractivity contribution < 1.29 is 8.78 Å². The molecule has 2 aliphatic carbocycles. The van der Waals surface area contributed by atoms with Crippen LogP contribution in [0.5, 0.6) is 0 Å². The SMILES string of the molecule is Cc1ccc(C(N)CC2CC3CCC2C3)c(F)c1F. The van der Waals surface area contributed by atoms with E-state index in [1.54, 1.807) is 19.1 Å². The number of fused-ring (bicyclic) bond motifs is 2. The van der Waals surface area contributed by atoms with Crippen LogP contribution < -0.4 is 5.73 Å². The van der Waals surface area contributed by atoms with Crippen molar-refractivity contribution in [3.8, 4) is 0 Å². The number of hydrogen-bond acceptors (Lipinski definition) is 1. The Hall–Kier alpha value is -0.960. The lowest BCUT2D eigenvalue weighted by Crippen LogP contribution is -2.20. The highest BCUT2D eigenvalue weighted by molar-refractivity contribution is 5.27.